The third-order valence-electron chi connectivity index (χ3n) is 1.93. The van der Waals surface area contributed by atoms with Gasteiger partial charge in [0, 0.05) is 7.11 Å². The number of carboxylic acids is 1. The van der Waals surface area contributed by atoms with E-state index in [4.69, 9.17) is 9.84 Å². The van der Waals surface area contributed by atoms with Crippen LogP contribution in [0.5, 0.6) is 0 Å². The van der Waals surface area contributed by atoms with Gasteiger partial charge in [-0.05, 0) is 17.7 Å². The first-order valence-electron chi connectivity index (χ1n) is 4.28. The molecule has 0 saturated carbocycles. The van der Waals surface area contributed by atoms with E-state index in [1.807, 2.05) is 0 Å². The van der Waals surface area contributed by atoms with Crippen molar-refractivity contribution >= 4 is 5.97 Å². The number of hydrogen-bond acceptors (Lipinski definition) is 2. The molecule has 88 valence electrons. The second-order valence-electron chi connectivity index (χ2n) is 3.12. The summed E-state index contributed by atoms with van der Waals surface area (Å²) in [5.41, 5.74) is -1.53. The fraction of sp³-hybridized carbons (Fsp3) is 0.300. The van der Waals surface area contributed by atoms with Crippen LogP contribution in [-0.2, 0) is 17.5 Å². The molecule has 0 amide bonds. The standard InChI is InChI=1S/C10H9F3O3/c1-16-5-6-2-3-8(10(11,12)13)7(4-6)9(14)15/h2-4H,5H2,1H3,(H,14,15). The summed E-state index contributed by atoms with van der Waals surface area (Å²) in [6.45, 7) is 0.0679. The number of alkyl halides is 3. The number of ether oxygens (including phenoxy) is 1. The highest BCUT2D eigenvalue weighted by atomic mass is 19.4. The Balaban J connectivity index is 3.25. The van der Waals surface area contributed by atoms with Gasteiger partial charge in [0.1, 0.15) is 0 Å². The number of carboxylic acid groups (broad SMARTS) is 1. The van der Waals surface area contributed by atoms with Crippen molar-refractivity contribution in [3.63, 3.8) is 0 Å². The highest BCUT2D eigenvalue weighted by Gasteiger charge is 2.35. The Labute approximate surface area is 89.5 Å². The summed E-state index contributed by atoms with van der Waals surface area (Å²) in [4.78, 5) is 10.7. The van der Waals surface area contributed by atoms with Gasteiger partial charge in [-0.25, -0.2) is 4.79 Å². The van der Waals surface area contributed by atoms with Crippen LogP contribution in [0, 0.1) is 0 Å². The van der Waals surface area contributed by atoms with Crippen LogP contribution in [0.4, 0.5) is 13.2 Å². The van der Waals surface area contributed by atoms with Crippen LogP contribution in [-0.4, -0.2) is 18.2 Å². The Morgan fingerprint density at radius 1 is 1.44 bits per heavy atom. The van der Waals surface area contributed by atoms with Crippen LogP contribution in [0.1, 0.15) is 21.5 Å². The molecule has 16 heavy (non-hydrogen) atoms. The molecule has 1 rings (SSSR count). The van der Waals surface area contributed by atoms with Crippen molar-refractivity contribution in [1.82, 2.24) is 0 Å². The van der Waals surface area contributed by atoms with E-state index in [0.717, 1.165) is 12.1 Å². The normalized spacial score (nSPS) is 11.5. The third kappa shape index (κ3) is 2.73. The molecule has 0 aromatic heterocycles. The van der Waals surface area contributed by atoms with Crippen molar-refractivity contribution in [2.45, 2.75) is 12.8 Å². The lowest BCUT2D eigenvalue weighted by Gasteiger charge is -2.11. The van der Waals surface area contributed by atoms with E-state index >= 15 is 0 Å². The number of methoxy groups -OCH3 is 1. The van der Waals surface area contributed by atoms with Gasteiger partial charge in [0.2, 0.25) is 0 Å². The lowest BCUT2D eigenvalue weighted by atomic mass is 10.0. The molecule has 1 aromatic carbocycles. The molecule has 0 radical (unpaired) electrons. The van der Waals surface area contributed by atoms with Gasteiger partial charge in [-0.2, -0.15) is 13.2 Å². The summed E-state index contributed by atoms with van der Waals surface area (Å²) in [6.07, 6.45) is -4.67. The zero-order valence-electron chi connectivity index (χ0n) is 8.34. The van der Waals surface area contributed by atoms with E-state index in [9.17, 15) is 18.0 Å². The predicted molar refractivity (Wildman–Crippen MR) is 49.1 cm³/mol. The molecule has 0 aliphatic rings. The summed E-state index contributed by atoms with van der Waals surface area (Å²) < 4.78 is 42.0. The zero-order chi connectivity index (χ0) is 12.3. The highest BCUT2D eigenvalue weighted by Crippen LogP contribution is 2.32. The summed E-state index contributed by atoms with van der Waals surface area (Å²) in [5, 5.41) is 8.68. The summed E-state index contributed by atoms with van der Waals surface area (Å²) in [7, 11) is 1.37. The molecule has 0 aliphatic carbocycles. The van der Waals surface area contributed by atoms with Gasteiger partial charge in [-0.15, -0.1) is 0 Å². The molecular formula is C10H9F3O3. The third-order valence-corrected chi connectivity index (χ3v) is 1.93. The maximum absolute atomic E-state index is 12.4. The number of rotatable bonds is 3. The molecule has 0 heterocycles. The van der Waals surface area contributed by atoms with E-state index in [1.165, 1.54) is 13.2 Å². The van der Waals surface area contributed by atoms with E-state index in [1.54, 1.807) is 0 Å². The Kier molecular flexibility index (Phi) is 3.54. The Morgan fingerprint density at radius 3 is 2.50 bits per heavy atom. The first-order chi connectivity index (χ1) is 7.36. The monoisotopic (exact) mass is 234 g/mol. The number of benzene rings is 1. The maximum Gasteiger partial charge on any atom is 0.417 e. The van der Waals surface area contributed by atoms with E-state index in [2.05, 4.69) is 0 Å². The first-order valence-corrected chi connectivity index (χ1v) is 4.28. The Bertz CT molecular complexity index is 399. The molecule has 0 fully saturated rings. The van der Waals surface area contributed by atoms with Gasteiger partial charge in [0.05, 0.1) is 17.7 Å². The summed E-state index contributed by atoms with van der Waals surface area (Å²) in [5.74, 6) is -1.61. The van der Waals surface area contributed by atoms with Crippen LogP contribution >= 0.6 is 0 Å². The largest absolute Gasteiger partial charge is 0.478 e. The molecule has 0 atom stereocenters. The van der Waals surface area contributed by atoms with Gasteiger partial charge in [-0.1, -0.05) is 6.07 Å². The molecule has 0 spiro atoms. The molecule has 3 nitrogen and oxygen atoms in total. The van der Waals surface area contributed by atoms with Crippen molar-refractivity contribution in [3.05, 3.63) is 34.9 Å². The Morgan fingerprint density at radius 2 is 2.06 bits per heavy atom. The minimum absolute atomic E-state index is 0.0679. The minimum atomic E-state index is -4.67. The van der Waals surface area contributed by atoms with Crippen LogP contribution in [0.25, 0.3) is 0 Å². The first kappa shape index (κ1) is 12.5. The molecule has 1 aromatic rings. The van der Waals surface area contributed by atoms with E-state index in [0.29, 0.717) is 5.56 Å². The van der Waals surface area contributed by atoms with Crippen molar-refractivity contribution in [1.29, 1.82) is 0 Å². The van der Waals surface area contributed by atoms with Gasteiger partial charge in [0.25, 0.3) is 0 Å². The highest BCUT2D eigenvalue weighted by molar-refractivity contribution is 5.89. The molecule has 1 N–H and O–H groups in total. The average Bonchev–Trinajstić information content (AvgIpc) is 2.16. The minimum Gasteiger partial charge on any atom is -0.478 e. The molecular weight excluding hydrogens is 225 g/mol. The lowest BCUT2D eigenvalue weighted by molar-refractivity contribution is -0.138. The molecule has 6 heteroatoms. The van der Waals surface area contributed by atoms with Gasteiger partial charge >= 0.3 is 12.1 Å². The van der Waals surface area contributed by atoms with E-state index < -0.39 is 23.3 Å². The SMILES string of the molecule is COCc1ccc(C(F)(F)F)c(C(=O)O)c1. The molecule has 0 bridgehead atoms. The van der Waals surface area contributed by atoms with Crippen molar-refractivity contribution in [2.75, 3.05) is 7.11 Å². The summed E-state index contributed by atoms with van der Waals surface area (Å²) in [6, 6.07) is 2.91. The second-order valence-corrected chi connectivity index (χ2v) is 3.12. The van der Waals surface area contributed by atoms with Gasteiger partial charge in [0.15, 0.2) is 0 Å². The van der Waals surface area contributed by atoms with Crippen LogP contribution in [0.15, 0.2) is 18.2 Å². The fourth-order valence-corrected chi connectivity index (χ4v) is 1.27. The predicted octanol–water partition coefficient (Wildman–Crippen LogP) is 2.55. The van der Waals surface area contributed by atoms with Crippen molar-refractivity contribution in [3.8, 4) is 0 Å². The van der Waals surface area contributed by atoms with Gasteiger partial charge < -0.3 is 9.84 Å². The topological polar surface area (TPSA) is 46.5 Å². The number of hydrogen-bond donors (Lipinski definition) is 1. The number of carbonyl (C=O) groups is 1. The maximum atomic E-state index is 12.4. The number of aromatic carboxylic acids is 1. The number of halogens is 3. The van der Waals surface area contributed by atoms with Crippen molar-refractivity contribution in [2.24, 2.45) is 0 Å². The van der Waals surface area contributed by atoms with Crippen molar-refractivity contribution < 1.29 is 27.8 Å². The second kappa shape index (κ2) is 4.52. The van der Waals surface area contributed by atoms with Gasteiger partial charge in [-0.3, -0.25) is 0 Å². The van der Waals surface area contributed by atoms with E-state index in [-0.39, 0.29) is 6.61 Å². The average molecular weight is 234 g/mol. The quantitative estimate of drug-likeness (QED) is 0.874. The Hall–Kier alpha value is -1.56. The molecule has 0 aliphatic heterocycles. The smallest absolute Gasteiger partial charge is 0.417 e. The summed E-state index contributed by atoms with van der Waals surface area (Å²) >= 11 is 0. The molecule has 0 unspecified atom stereocenters. The van der Waals surface area contributed by atoms with Crippen LogP contribution < -0.4 is 0 Å². The zero-order valence-corrected chi connectivity index (χ0v) is 8.34. The van der Waals surface area contributed by atoms with Crippen LogP contribution in [0.3, 0.4) is 0 Å². The lowest BCUT2D eigenvalue weighted by Crippen LogP contribution is -2.13. The molecule has 0 saturated heterocycles. The van der Waals surface area contributed by atoms with Crippen LogP contribution in [0.2, 0.25) is 0 Å². The fourth-order valence-electron chi connectivity index (χ4n) is 1.27.